The summed E-state index contributed by atoms with van der Waals surface area (Å²) >= 11 is 0. The minimum absolute atomic E-state index is 0.431. The average Bonchev–Trinajstić information content (AvgIpc) is 2.34. The summed E-state index contributed by atoms with van der Waals surface area (Å²) in [5.74, 6) is -0.157. The highest BCUT2D eigenvalue weighted by molar-refractivity contribution is 5.73. The molecule has 0 aliphatic rings. The number of ether oxygens (including phenoxy) is 1. The number of nitrogens with two attached hydrogens (primary N) is 1. The normalized spacial score (nSPS) is 12.6. The van der Waals surface area contributed by atoms with E-state index in [1.165, 1.54) is 0 Å². The molecule has 18 heavy (non-hydrogen) atoms. The van der Waals surface area contributed by atoms with Crippen molar-refractivity contribution in [3.63, 3.8) is 0 Å². The summed E-state index contributed by atoms with van der Waals surface area (Å²) in [7, 11) is 1.63. The first kappa shape index (κ1) is 14.3. The van der Waals surface area contributed by atoms with Crippen molar-refractivity contribution in [3.8, 4) is 5.75 Å². The third kappa shape index (κ3) is 4.22. The largest absolute Gasteiger partial charge is 0.496 e. The molecule has 4 nitrogen and oxygen atoms in total. The standard InChI is InChI=1S/C14H19NO3/c1-10-7-8-13(18-2)11(9-10)5-3-4-6-12(15)14(16)17/h3,5,7-9,12H,4,6,15H2,1-2H3,(H,16,17)/b5-3+. The van der Waals surface area contributed by atoms with Crippen molar-refractivity contribution in [2.75, 3.05) is 7.11 Å². The first-order valence-electron chi connectivity index (χ1n) is 5.84. The molecule has 0 radical (unpaired) electrons. The minimum Gasteiger partial charge on any atom is -0.496 e. The van der Waals surface area contributed by atoms with Gasteiger partial charge in [0.05, 0.1) is 7.11 Å². The van der Waals surface area contributed by atoms with E-state index in [1.54, 1.807) is 7.11 Å². The van der Waals surface area contributed by atoms with Gasteiger partial charge in [-0.25, -0.2) is 0 Å². The molecular formula is C14H19NO3. The van der Waals surface area contributed by atoms with E-state index < -0.39 is 12.0 Å². The third-order valence-electron chi connectivity index (χ3n) is 2.64. The number of carboxylic acid groups (broad SMARTS) is 1. The summed E-state index contributed by atoms with van der Waals surface area (Å²) in [6, 6.07) is 5.12. The molecule has 0 aliphatic carbocycles. The van der Waals surface area contributed by atoms with Gasteiger partial charge in [0, 0.05) is 5.56 Å². The molecule has 0 aliphatic heterocycles. The van der Waals surface area contributed by atoms with Crippen LogP contribution in [0.15, 0.2) is 24.3 Å². The van der Waals surface area contributed by atoms with E-state index in [1.807, 2.05) is 37.3 Å². The summed E-state index contributed by atoms with van der Waals surface area (Å²) in [6.45, 7) is 2.01. The van der Waals surface area contributed by atoms with Crippen molar-refractivity contribution in [3.05, 3.63) is 35.4 Å². The molecule has 1 unspecified atom stereocenters. The molecule has 3 N–H and O–H groups in total. The monoisotopic (exact) mass is 249 g/mol. The zero-order valence-corrected chi connectivity index (χ0v) is 10.7. The van der Waals surface area contributed by atoms with Gasteiger partial charge in [0.15, 0.2) is 0 Å². The van der Waals surface area contributed by atoms with Gasteiger partial charge in [0.2, 0.25) is 0 Å². The molecule has 4 heteroatoms. The van der Waals surface area contributed by atoms with E-state index in [4.69, 9.17) is 15.6 Å². The van der Waals surface area contributed by atoms with Gasteiger partial charge in [-0.1, -0.05) is 23.8 Å². The lowest BCUT2D eigenvalue weighted by molar-refractivity contribution is -0.138. The highest BCUT2D eigenvalue weighted by Gasteiger charge is 2.09. The third-order valence-corrected chi connectivity index (χ3v) is 2.64. The quantitative estimate of drug-likeness (QED) is 0.810. The summed E-state index contributed by atoms with van der Waals surface area (Å²) in [5.41, 5.74) is 7.56. The number of carbonyl (C=O) groups is 1. The van der Waals surface area contributed by atoms with E-state index in [0.29, 0.717) is 12.8 Å². The van der Waals surface area contributed by atoms with Crippen LogP contribution < -0.4 is 10.5 Å². The Morgan fingerprint density at radius 3 is 2.89 bits per heavy atom. The fourth-order valence-electron chi connectivity index (χ4n) is 1.59. The number of benzene rings is 1. The number of rotatable bonds is 6. The van der Waals surface area contributed by atoms with Gasteiger partial charge in [-0.3, -0.25) is 4.79 Å². The van der Waals surface area contributed by atoms with Gasteiger partial charge in [-0.15, -0.1) is 0 Å². The molecule has 0 heterocycles. The van der Waals surface area contributed by atoms with Crippen molar-refractivity contribution < 1.29 is 14.6 Å². The lowest BCUT2D eigenvalue weighted by Crippen LogP contribution is -2.29. The Balaban J connectivity index is 2.61. The predicted octanol–water partition coefficient (Wildman–Crippen LogP) is 2.21. The number of hydrogen-bond acceptors (Lipinski definition) is 3. The van der Waals surface area contributed by atoms with Gasteiger partial charge in [-0.2, -0.15) is 0 Å². The lowest BCUT2D eigenvalue weighted by Gasteiger charge is -2.06. The zero-order chi connectivity index (χ0) is 13.5. The van der Waals surface area contributed by atoms with Crippen LogP contribution in [0.1, 0.15) is 24.0 Å². The van der Waals surface area contributed by atoms with Crippen molar-refractivity contribution in [1.82, 2.24) is 0 Å². The smallest absolute Gasteiger partial charge is 0.320 e. The Morgan fingerprint density at radius 2 is 2.28 bits per heavy atom. The highest BCUT2D eigenvalue weighted by Crippen LogP contribution is 2.21. The van der Waals surface area contributed by atoms with E-state index in [2.05, 4.69) is 0 Å². The van der Waals surface area contributed by atoms with Gasteiger partial charge in [-0.05, 0) is 31.9 Å². The molecule has 0 aromatic heterocycles. The predicted molar refractivity (Wildman–Crippen MR) is 71.6 cm³/mol. The average molecular weight is 249 g/mol. The number of aliphatic carboxylic acids is 1. The Labute approximate surface area is 107 Å². The number of allylic oxidation sites excluding steroid dienone is 1. The molecule has 0 saturated carbocycles. The minimum atomic E-state index is -0.962. The maximum absolute atomic E-state index is 10.5. The summed E-state index contributed by atoms with van der Waals surface area (Å²) in [6.07, 6.45) is 4.91. The summed E-state index contributed by atoms with van der Waals surface area (Å²) in [5, 5.41) is 8.65. The number of methoxy groups -OCH3 is 1. The molecule has 1 aromatic carbocycles. The van der Waals surface area contributed by atoms with Gasteiger partial charge in [0.25, 0.3) is 0 Å². The fraction of sp³-hybridized carbons (Fsp3) is 0.357. The SMILES string of the molecule is COc1ccc(C)cc1/C=C/CCC(N)C(=O)O. The Bertz CT molecular complexity index is 441. The van der Waals surface area contributed by atoms with Crippen molar-refractivity contribution >= 4 is 12.0 Å². The Hall–Kier alpha value is -1.81. The zero-order valence-electron chi connectivity index (χ0n) is 10.7. The fourth-order valence-corrected chi connectivity index (χ4v) is 1.59. The van der Waals surface area contributed by atoms with Crippen molar-refractivity contribution in [2.24, 2.45) is 5.73 Å². The molecular weight excluding hydrogens is 230 g/mol. The van der Waals surface area contributed by atoms with Crippen LogP contribution in [-0.4, -0.2) is 24.2 Å². The van der Waals surface area contributed by atoms with Crippen LogP contribution in [0.4, 0.5) is 0 Å². The van der Waals surface area contributed by atoms with Crippen LogP contribution in [0.5, 0.6) is 5.75 Å². The van der Waals surface area contributed by atoms with Crippen molar-refractivity contribution in [1.29, 1.82) is 0 Å². The van der Waals surface area contributed by atoms with E-state index >= 15 is 0 Å². The second kappa shape index (κ2) is 6.81. The molecule has 1 rings (SSSR count). The summed E-state index contributed by atoms with van der Waals surface area (Å²) < 4.78 is 5.25. The number of hydrogen-bond donors (Lipinski definition) is 2. The Kier molecular flexibility index (Phi) is 5.39. The van der Waals surface area contributed by atoms with E-state index in [-0.39, 0.29) is 0 Å². The van der Waals surface area contributed by atoms with Gasteiger partial charge >= 0.3 is 5.97 Å². The summed E-state index contributed by atoms with van der Waals surface area (Å²) in [4.78, 5) is 10.5. The molecule has 0 spiro atoms. The first-order chi connectivity index (χ1) is 8.54. The van der Waals surface area contributed by atoms with Crippen LogP contribution in [0, 0.1) is 6.92 Å². The molecule has 98 valence electrons. The molecule has 0 amide bonds. The number of aryl methyl sites for hydroxylation is 1. The molecule has 0 fully saturated rings. The van der Waals surface area contributed by atoms with E-state index in [9.17, 15) is 4.79 Å². The molecule has 1 atom stereocenters. The highest BCUT2D eigenvalue weighted by atomic mass is 16.5. The number of carboxylic acids is 1. The first-order valence-corrected chi connectivity index (χ1v) is 5.84. The molecule has 0 saturated heterocycles. The van der Waals surface area contributed by atoms with Crippen LogP contribution in [-0.2, 0) is 4.79 Å². The second-order valence-corrected chi connectivity index (χ2v) is 4.17. The van der Waals surface area contributed by atoms with Gasteiger partial charge in [0.1, 0.15) is 11.8 Å². The van der Waals surface area contributed by atoms with E-state index in [0.717, 1.165) is 16.9 Å². The second-order valence-electron chi connectivity index (χ2n) is 4.17. The maximum Gasteiger partial charge on any atom is 0.320 e. The van der Waals surface area contributed by atoms with Crippen LogP contribution in [0.2, 0.25) is 0 Å². The maximum atomic E-state index is 10.5. The topological polar surface area (TPSA) is 72.5 Å². The van der Waals surface area contributed by atoms with Crippen LogP contribution in [0.3, 0.4) is 0 Å². The Morgan fingerprint density at radius 1 is 1.56 bits per heavy atom. The van der Waals surface area contributed by atoms with Crippen LogP contribution in [0.25, 0.3) is 6.08 Å². The lowest BCUT2D eigenvalue weighted by atomic mass is 10.1. The molecule has 1 aromatic rings. The molecule has 0 bridgehead atoms. The van der Waals surface area contributed by atoms with Gasteiger partial charge < -0.3 is 15.6 Å². The van der Waals surface area contributed by atoms with Crippen LogP contribution >= 0.6 is 0 Å². The van der Waals surface area contributed by atoms with Crippen molar-refractivity contribution in [2.45, 2.75) is 25.8 Å².